The number of rotatable bonds is 3. The van der Waals surface area contributed by atoms with Crippen molar-refractivity contribution in [2.45, 2.75) is 36.9 Å². The number of carbonyl (C=O) groups is 1. The second-order valence-electron chi connectivity index (χ2n) is 5.77. The van der Waals surface area contributed by atoms with E-state index in [0.717, 1.165) is 17.5 Å². The largest absolute Gasteiger partial charge is 0.493 e. The van der Waals surface area contributed by atoms with Crippen molar-refractivity contribution in [3.63, 3.8) is 0 Å². The molecule has 22 heavy (non-hydrogen) atoms. The molecule has 5 heteroatoms. The number of methoxy groups -OCH3 is 3. The van der Waals surface area contributed by atoms with Crippen LogP contribution in [0.2, 0.25) is 0 Å². The molecule has 1 aromatic carbocycles. The van der Waals surface area contributed by atoms with E-state index < -0.39 is 0 Å². The van der Waals surface area contributed by atoms with Gasteiger partial charge in [0.05, 0.1) is 27.1 Å². The Morgan fingerprint density at radius 2 is 1.77 bits per heavy atom. The summed E-state index contributed by atoms with van der Waals surface area (Å²) in [7, 11) is 4.83. The molecule has 0 spiro atoms. The number of ketones is 1. The van der Waals surface area contributed by atoms with Crippen LogP contribution >= 0.6 is 11.8 Å². The molecule has 3 rings (SSSR count). The summed E-state index contributed by atoms with van der Waals surface area (Å²) >= 11 is 1.79. The van der Waals surface area contributed by atoms with Gasteiger partial charge in [-0.25, -0.2) is 0 Å². The van der Waals surface area contributed by atoms with Crippen molar-refractivity contribution >= 4 is 17.5 Å². The van der Waals surface area contributed by atoms with Crippen molar-refractivity contribution in [3.8, 4) is 17.2 Å². The standard InChI is InChI=1S/C17H22O4S/c1-19-13-8-11-12(18)9-22-14-7-5-4-6-10(14)15(11)17(21-3)16(13)20-2/h8,10,14H,4-7,9H2,1-3H3/t10-,14+/m1/s1. The number of fused-ring (bicyclic) bond motifs is 3. The fourth-order valence-electron chi connectivity index (χ4n) is 3.66. The number of ether oxygens (including phenoxy) is 3. The lowest BCUT2D eigenvalue weighted by molar-refractivity contribution is 0.102. The number of Topliss-reactive ketones (excluding diaryl/α,β-unsaturated/α-hetero) is 1. The van der Waals surface area contributed by atoms with Crippen molar-refractivity contribution in [3.05, 3.63) is 17.2 Å². The highest BCUT2D eigenvalue weighted by Crippen LogP contribution is 2.52. The highest BCUT2D eigenvalue weighted by molar-refractivity contribution is 8.00. The third kappa shape index (κ3) is 2.45. The molecule has 0 amide bonds. The zero-order valence-corrected chi connectivity index (χ0v) is 14.1. The zero-order chi connectivity index (χ0) is 15.7. The van der Waals surface area contributed by atoms with Crippen LogP contribution in [0.25, 0.3) is 0 Å². The molecule has 1 aliphatic heterocycles. The molecular formula is C17H22O4S. The van der Waals surface area contributed by atoms with Gasteiger partial charge in [0.25, 0.3) is 0 Å². The van der Waals surface area contributed by atoms with Crippen LogP contribution in [-0.2, 0) is 0 Å². The second-order valence-corrected chi connectivity index (χ2v) is 7.00. The summed E-state index contributed by atoms with van der Waals surface area (Å²) in [4.78, 5) is 12.6. The molecule has 0 radical (unpaired) electrons. The smallest absolute Gasteiger partial charge is 0.203 e. The lowest BCUT2D eigenvalue weighted by Gasteiger charge is -2.31. The summed E-state index contributed by atoms with van der Waals surface area (Å²) in [6.07, 6.45) is 4.71. The minimum absolute atomic E-state index is 0.161. The van der Waals surface area contributed by atoms with E-state index in [1.54, 1.807) is 33.1 Å². The van der Waals surface area contributed by atoms with Gasteiger partial charge in [-0.2, -0.15) is 0 Å². The normalized spacial score (nSPS) is 24.0. The van der Waals surface area contributed by atoms with Crippen molar-refractivity contribution in [1.82, 2.24) is 0 Å². The van der Waals surface area contributed by atoms with Gasteiger partial charge in [0.15, 0.2) is 17.3 Å². The number of carbonyl (C=O) groups excluding carboxylic acids is 1. The Balaban J connectivity index is 2.24. The maximum absolute atomic E-state index is 12.6. The predicted molar refractivity (Wildman–Crippen MR) is 87.9 cm³/mol. The van der Waals surface area contributed by atoms with Crippen molar-refractivity contribution in [1.29, 1.82) is 0 Å². The van der Waals surface area contributed by atoms with E-state index in [9.17, 15) is 4.79 Å². The third-order valence-electron chi connectivity index (χ3n) is 4.67. The molecule has 0 unspecified atom stereocenters. The SMILES string of the molecule is COc1cc2c(c(OC)c1OC)[C@@H]1CCCC[C@@H]1SCC2=O. The van der Waals surface area contributed by atoms with Crippen LogP contribution in [0.3, 0.4) is 0 Å². The first-order valence-electron chi connectivity index (χ1n) is 7.69. The Hall–Kier alpha value is -1.36. The van der Waals surface area contributed by atoms with Crippen LogP contribution in [0.15, 0.2) is 6.07 Å². The molecule has 0 saturated heterocycles. The lowest BCUT2D eigenvalue weighted by Crippen LogP contribution is -2.20. The molecule has 1 aromatic rings. The van der Waals surface area contributed by atoms with E-state index in [1.165, 1.54) is 19.3 Å². The van der Waals surface area contributed by atoms with Gasteiger partial charge in [-0.15, -0.1) is 11.8 Å². The van der Waals surface area contributed by atoms with Crippen LogP contribution in [-0.4, -0.2) is 38.1 Å². The number of hydrogen-bond acceptors (Lipinski definition) is 5. The third-order valence-corrected chi connectivity index (χ3v) is 6.09. The quantitative estimate of drug-likeness (QED) is 0.849. The van der Waals surface area contributed by atoms with Crippen molar-refractivity contribution in [2.24, 2.45) is 0 Å². The summed E-state index contributed by atoms with van der Waals surface area (Å²) in [5, 5.41) is 0.492. The van der Waals surface area contributed by atoms with Gasteiger partial charge in [-0.05, 0) is 18.9 Å². The van der Waals surface area contributed by atoms with Crippen LogP contribution in [0.5, 0.6) is 17.2 Å². The van der Waals surface area contributed by atoms with Crippen molar-refractivity contribution < 1.29 is 19.0 Å². The summed E-state index contributed by atoms with van der Waals surface area (Å²) in [6.45, 7) is 0. The minimum atomic E-state index is 0.161. The summed E-state index contributed by atoms with van der Waals surface area (Å²) < 4.78 is 16.6. The number of thioether (sulfide) groups is 1. The molecule has 4 nitrogen and oxygen atoms in total. The van der Waals surface area contributed by atoms with Gasteiger partial charge in [0, 0.05) is 22.3 Å². The van der Waals surface area contributed by atoms with E-state index in [0.29, 0.717) is 34.2 Å². The minimum Gasteiger partial charge on any atom is -0.493 e. The topological polar surface area (TPSA) is 44.8 Å². The predicted octanol–water partition coefficient (Wildman–Crippen LogP) is 3.67. The summed E-state index contributed by atoms with van der Waals surface area (Å²) in [5.41, 5.74) is 1.77. The first-order chi connectivity index (χ1) is 10.7. The average molecular weight is 322 g/mol. The van der Waals surface area contributed by atoms with Crippen LogP contribution in [0.1, 0.15) is 47.5 Å². The number of benzene rings is 1. The Labute approximate surface area is 135 Å². The maximum atomic E-state index is 12.6. The Bertz CT molecular complexity index is 585. The molecule has 0 N–H and O–H groups in total. The highest BCUT2D eigenvalue weighted by atomic mass is 32.2. The molecule has 1 saturated carbocycles. The second kappa shape index (κ2) is 6.41. The van der Waals surface area contributed by atoms with E-state index in [1.807, 2.05) is 6.07 Å². The van der Waals surface area contributed by atoms with E-state index >= 15 is 0 Å². The molecular weight excluding hydrogens is 300 g/mol. The Morgan fingerprint density at radius 3 is 2.45 bits per heavy atom. The van der Waals surface area contributed by atoms with E-state index in [2.05, 4.69) is 0 Å². The molecule has 1 fully saturated rings. The summed E-state index contributed by atoms with van der Waals surface area (Å²) in [6, 6.07) is 1.83. The van der Waals surface area contributed by atoms with Crippen LogP contribution < -0.4 is 14.2 Å². The van der Waals surface area contributed by atoms with E-state index in [-0.39, 0.29) is 5.78 Å². The average Bonchev–Trinajstić information content (AvgIpc) is 2.70. The van der Waals surface area contributed by atoms with Gasteiger partial charge in [-0.1, -0.05) is 12.8 Å². The fraction of sp³-hybridized carbons (Fsp3) is 0.588. The molecule has 120 valence electrons. The molecule has 0 bridgehead atoms. The molecule has 1 heterocycles. The monoisotopic (exact) mass is 322 g/mol. The molecule has 0 aromatic heterocycles. The van der Waals surface area contributed by atoms with Gasteiger partial charge in [-0.3, -0.25) is 4.79 Å². The first-order valence-corrected chi connectivity index (χ1v) is 8.73. The van der Waals surface area contributed by atoms with Gasteiger partial charge in [0.2, 0.25) is 5.75 Å². The zero-order valence-electron chi connectivity index (χ0n) is 13.3. The lowest BCUT2D eigenvalue weighted by atomic mass is 9.80. The van der Waals surface area contributed by atoms with Gasteiger partial charge in [0.1, 0.15) is 0 Å². The van der Waals surface area contributed by atoms with Crippen molar-refractivity contribution in [2.75, 3.05) is 27.1 Å². The number of hydrogen-bond donors (Lipinski definition) is 0. The molecule has 2 atom stereocenters. The van der Waals surface area contributed by atoms with Gasteiger partial charge < -0.3 is 14.2 Å². The van der Waals surface area contributed by atoms with Crippen LogP contribution in [0.4, 0.5) is 0 Å². The first kappa shape index (κ1) is 15.5. The Kier molecular flexibility index (Phi) is 4.52. The maximum Gasteiger partial charge on any atom is 0.203 e. The highest BCUT2D eigenvalue weighted by Gasteiger charge is 2.37. The van der Waals surface area contributed by atoms with Gasteiger partial charge >= 0.3 is 0 Å². The molecule has 1 aliphatic carbocycles. The fourth-order valence-corrected chi connectivity index (χ4v) is 5.02. The Morgan fingerprint density at radius 1 is 1.05 bits per heavy atom. The van der Waals surface area contributed by atoms with E-state index in [4.69, 9.17) is 14.2 Å². The van der Waals surface area contributed by atoms with Crippen LogP contribution in [0, 0.1) is 0 Å². The summed E-state index contributed by atoms with van der Waals surface area (Å²) in [5.74, 6) is 2.87. The molecule has 2 aliphatic rings.